The Hall–Kier alpha value is -1.35. The average molecular weight is 276 g/mol. The maximum absolute atomic E-state index is 14.1. The van der Waals surface area contributed by atoms with Crippen LogP contribution in [0.1, 0.15) is 38.7 Å². The molecule has 2 N–H and O–H groups in total. The Morgan fingerprint density at radius 1 is 1.30 bits per heavy atom. The standard InChI is InChI=1S/C17H21FO2/c1-10-9-17(2)11(3-6-16(17)20)7-14(10)13-5-4-12(19)8-15(13)18/h4-5,7-8,10-11,16,19-20H,3,6,9H2,1-2H3/t10-,11+,16+,17+/m1/s1. The molecule has 3 heteroatoms. The summed E-state index contributed by atoms with van der Waals surface area (Å²) in [6, 6.07) is 4.35. The summed E-state index contributed by atoms with van der Waals surface area (Å²) in [5.41, 5.74) is 1.52. The summed E-state index contributed by atoms with van der Waals surface area (Å²) in [4.78, 5) is 0. The van der Waals surface area contributed by atoms with Crippen LogP contribution in [0.4, 0.5) is 4.39 Å². The molecule has 0 saturated heterocycles. The fourth-order valence-electron chi connectivity index (χ4n) is 4.05. The van der Waals surface area contributed by atoms with Crippen molar-refractivity contribution >= 4 is 5.57 Å². The zero-order valence-electron chi connectivity index (χ0n) is 11.9. The maximum atomic E-state index is 14.1. The van der Waals surface area contributed by atoms with Gasteiger partial charge < -0.3 is 10.2 Å². The number of hydrogen-bond acceptors (Lipinski definition) is 2. The fourth-order valence-corrected chi connectivity index (χ4v) is 4.05. The largest absolute Gasteiger partial charge is 0.508 e. The van der Waals surface area contributed by atoms with Crippen molar-refractivity contribution in [3.05, 3.63) is 35.7 Å². The van der Waals surface area contributed by atoms with Crippen molar-refractivity contribution in [1.82, 2.24) is 0 Å². The Labute approximate surface area is 118 Å². The lowest BCUT2D eigenvalue weighted by Crippen LogP contribution is -2.36. The van der Waals surface area contributed by atoms with Gasteiger partial charge in [-0.2, -0.15) is 0 Å². The molecule has 0 aliphatic heterocycles. The van der Waals surface area contributed by atoms with Crippen LogP contribution in [0.5, 0.6) is 5.75 Å². The molecule has 0 unspecified atom stereocenters. The molecule has 0 heterocycles. The monoisotopic (exact) mass is 276 g/mol. The Kier molecular flexibility index (Phi) is 3.13. The van der Waals surface area contributed by atoms with Crippen molar-refractivity contribution < 1.29 is 14.6 Å². The van der Waals surface area contributed by atoms with Gasteiger partial charge in [0, 0.05) is 17.0 Å². The van der Waals surface area contributed by atoms with Gasteiger partial charge in [-0.3, -0.25) is 0 Å². The number of fused-ring (bicyclic) bond motifs is 1. The van der Waals surface area contributed by atoms with Crippen LogP contribution < -0.4 is 0 Å². The summed E-state index contributed by atoms with van der Waals surface area (Å²) in [5, 5.41) is 19.5. The van der Waals surface area contributed by atoms with E-state index in [1.54, 1.807) is 6.07 Å². The molecule has 2 nitrogen and oxygen atoms in total. The minimum atomic E-state index is -0.370. The molecule has 20 heavy (non-hydrogen) atoms. The zero-order chi connectivity index (χ0) is 14.5. The highest BCUT2D eigenvalue weighted by atomic mass is 19.1. The second-order valence-corrected chi connectivity index (χ2v) is 6.60. The number of halogens is 1. The first kappa shape index (κ1) is 13.6. The first-order valence-corrected chi connectivity index (χ1v) is 7.30. The van der Waals surface area contributed by atoms with Gasteiger partial charge >= 0.3 is 0 Å². The third-order valence-electron chi connectivity index (χ3n) is 5.28. The van der Waals surface area contributed by atoms with E-state index < -0.39 is 0 Å². The highest BCUT2D eigenvalue weighted by molar-refractivity contribution is 5.69. The van der Waals surface area contributed by atoms with Crippen molar-refractivity contribution in [2.24, 2.45) is 17.3 Å². The van der Waals surface area contributed by atoms with Crippen LogP contribution in [0.15, 0.2) is 24.3 Å². The smallest absolute Gasteiger partial charge is 0.134 e. The molecule has 1 aromatic carbocycles. The number of aliphatic hydroxyl groups excluding tert-OH is 1. The topological polar surface area (TPSA) is 40.5 Å². The average Bonchev–Trinajstić information content (AvgIpc) is 2.65. The van der Waals surface area contributed by atoms with Crippen LogP contribution in [0, 0.1) is 23.1 Å². The Morgan fingerprint density at radius 3 is 2.75 bits per heavy atom. The highest BCUT2D eigenvalue weighted by Gasteiger charge is 2.48. The minimum Gasteiger partial charge on any atom is -0.508 e. The molecule has 1 fully saturated rings. The molecule has 2 aliphatic rings. The molecule has 3 rings (SSSR count). The van der Waals surface area contributed by atoms with Gasteiger partial charge in [0.1, 0.15) is 11.6 Å². The van der Waals surface area contributed by atoms with Crippen molar-refractivity contribution in [1.29, 1.82) is 0 Å². The molecule has 1 aromatic rings. The van der Waals surface area contributed by atoms with Crippen molar-refractivity contribution in [2.45, 2.75) is 39.2 Å². The molecule has 0 bridgehead atoms. The fraction of sp³-hybridized carbons (Fsp3) is 0.529. The van der Waals surface area contributed by atoms with Crippen LogP contribution in [0.2, 0.25) is 0 Å². The summed E-state index contributed by atoms with van der Waals surface area (Å²) in [6.07, 6.45) is 4.58. The highest BCUT2D eigenvalue weighted by Crippen LogP contribution is 2.54. The van der Waals surface area contributed by atoms with Gasteiger partial charge in [0.2, 0.25) is 0 Å². The SMILES string of the molecule is C[C@@H]1C[C@@]2(C)[C@H](C=C1c1ccc(O)cc1F)CC[C@@H]2O. The second kappa shape index (κ2) is 4.59. The van der Waals surface area contributed by atoms with Gasteiger partial charge in [0.15, 0.2) is 0 Å². The number of rotatable bonds is 1. The van der Waals surface area contributed by atoms with Gasteiger partial charge in [-0.1, -0.05) is 19.9 Å². The van der Waals surface area contributed by atoms with E-state index in [0.717, 1.165) is 24.8 Å². The van der Waals surface area contributed by atoms with Crippen LogP contribution in [-0.4, -0.2) is 16.3 Å². The van der Waals surface area contributed by atoms with E-state index in [0.29, 0.717) is 11.5 Å². The van der Waals surface area contributed by atoms with E-state index in [2.05, 4.69) is 19.9 Å². The number of phenolic OH excluding ortho intramolecular Hbond substituents is 1. The van der Waals surface area contributed by atoms with Gasteiger partial charge in [-0.15, -0.1) is 0 Å². The molecular weight excluding hydrogens is 255 g/mol. The second-order valence-electron chi connectivity index (χ2n) is 6.60. The molecule has 1 saturated carbocycles. The summed E-state index contributed by atoms with van der Waals surface area (Å²) in [5.74, 6) is 0.113. The summed E-state index contributed by atoms with van der Waals surface area (Å²) < 4.78 is 14.1. The van der Waals surface area contributed by atoms with E-state index in [-0.39, 0.29) is 29.0 Å². The normalized spacial score (nSPS) is 36.6. The van der Waals surface area contributed by atoms with Crippen LogP contribution in [0.3, 0.4) is 0 Å². The zero-order valence-corrected chi connectivity index (χ0v) is 11.9. The first-order valence-electron chi connectivity index (χ1n) is 7.30. The van der Waals surface area contributed by atoms with Gasteiger partial charge in [-0.05, 0) is 48.8 Å². The molecule has 0 radical (unpaired) electrons. The number of phenols is 1. The van der Waals surface area contributed by atoms with Crippen molar-refractivity contribution in [2.75, 3.05) is 0 Å². The van der Waals surface area contributed by atoms with E-state index in [1.807, 2.05) is 0 Å². The lowest BCUT2D eigenvalue weighted by atomic mass is 9.65. The molecular formula is C17H21FO2. The molecule has 2 aliphatic carbocycles. The Bertz CT molecular complexity index is 566. The molecule has 108 valence electrons. The van der Waals surface area contributed by atoms with E-state index in [1.165, 1.54) is 12.1 Å². The summed E-state index contributed by atoms with van der Waals surface area (Å²) >= 11 is 0. The maximum Gasteiger partial charge on any atom is 0.134 e. The number of benzene rings is 1. The van der Waals surface area contributed by atoms with E-state index >= 15 is 0 Å². The number of allylic oxidation sites excluding steroid dienone is 2. The number of aliphatic hydroxyl groups is 1. The third kappa shape index (κ3) is 1.96. The van der Waals surface area contributed by atoms with Crippen LogP contribution in [0.25, 0.3) is 5.57 Å². The van der Waals surface area contributed by atoms with Gasteiger partial charge in [0.05, 0.1) is 6.10 Å². The molecule has 0 spiro atoms. The van der Waals surface area contributed by atoms with E-state index in [9.17, 15) is 14.6 Å². The predicted octanol–water partition coefficient (Wildman–Crippen LogP) is 3.73. The summed E-state index contributed by atoms with van der Waals surface area (Å²) in [6.45, 7) is 4.23. The van der Waals surface area contributed by atoms with Crippen molar-refractivity contribution in [3.63, 3.8) is 0 Å². The molecule has 4 atom stereocenters. The summed E-state index contributed by atoms with van der Waals surface area (Å²) in [7, 11) is 0. The number of hydrogen-bond donors (Lipinski definition) is 2. The van der Waals surface area contributed by atoms with E-state index in [4.69, 9.17) is 0 Å². The minimum absolute atomic E-state index is 0.0450. The Morgan fingerprint density at radius 2 is 2.05 bits per heavy atom. The van der Waals surface area contributed by atoms with Gasteiger partial charge in [0.25, 0.3) is 0 Å². The third-order valence-corrected chi connectivity index (χ3v) is 5.28. The first-order chi connectivity index (χ1) is 9.41. The van der Waals surface area contributed by atoms with Gasteiger partial charge in [-0.25, -0.2) is 4.39 Å². The lowest BCUT2D eigenvalue weighted by molar-refractivity contribution is 0.0333. The molecule has 0 amide bonds. The molecule has 0 aromatic heterocycles. The Balaban J connectivity index is 2.02. The van der Waals surface area contributed by atoms with Crippen LogP contribution >= 0.6 is 0 Å². The predicted molar refractivity (Wildman–Crippen MR) is 76.7 cm³/mol. The number of aromatic hydroxyl groups is 1. The lowest BCUT2D eigenvalue weighted by Gasteiger charge is -2.41. The quantitative estimate of drug-likeness (QED) is 0.820. The van der Waals surface area contributed by atoms with Crippen molar-refractivity contribution in [3.8, 4) is 5.75 Å². The van der Waals surface area contributed by atoms with Crippen LogP contribution in [-0.2, 0) is 0 Å².